The third-order valence-corrected chi connectivity index (χ3v) is 2.68. The molecule has 2 aromatic rings. The molecule has 0 aliphatic rings. The van der Waals surface area contributed by atoms with Crippen LogP contribution in [0.2, 0.25) is 0 Å². The van der Waals surface area contributed by atoms with Gasteiger partial charge in [-0.15, -0.1) is 0 Å². The van der Waals surface area contributed by atoms with Crippen molar-refractivity contribution in [2.75, 3.05) is 0 Å². The Bertz CT molecular complexity index is 443. The van der Waals surface area contributed by atoms with Crippen LogP contribution in [0.1, 0.15) is 24.0 Å². The number of nitrogens with zero attached hydrogens (tertiary/aromatic N) is 3. The van der Waals surface area contributed by atoms with Crippen LogP contribution in [0.5, 0.6) is 0 Å². The van der Waals surface area contributed by atoms with Gasteiger partial charge in [-0.1, -0.05) is 0 Å². The summed E-state index contributed by atoms with van der Waals surface area (Å²) >= 11 is 0. The number of hydrogen-bond donors (Lipinski definition) is 2. The molecule has 0 amide bonds. The highest BCUT2D eigenvalue weighted by Crippen LogP contribution is 2.02. The lowest BCUT2D eigenvalue weighted by Crippen LogP contribution is -2.16. The Morgan fingerprint density at radius 1 is 1.44 bits per heavy atom. The van der Waals surface area contributed by atoms with Gasteiger partial charge in [-0.05, 0) is 13.8 Å². The maximum Gasteiger partial charge on any atom is 0.122 e. The lowest BCUT2D eigenvalue weighted by Gasteiger charge is -2.06. The maximum absolute atomic E-state index is 4.31. The summed E-state index contributed by atoms with van der Waals surface area (Å²) in [7, 11) is 0. The minimum absolute atomic E-state index is 0.783. The summed E-state index contributed by atoms with van der Waals surface area (Å²) in [5.74, 6) is 1.07. The highest BCUT2D eigenvalue weighted by molar-refractivity contribution is 5.13. The van der Waals surface area contributed by atoms with E-state index in [-0.39, 0.29) is 0 Å². The Labute approximate surface area is 94.9 Å². The van der Waals surface area contributed by atoms with Gasteiger partial charge < -0.3 is 9.88 Å². The van der Waals surface area contributed by atoms with Crippen molar-refractivity contribution < 1.29 is 0 Å². The van der Waals surface area contributed by atoms with Crippen LogP contribution in [0.25, 0.3) is 0 Å². The fraction of sp³-hybridized carbons (Fsp3) is 0.455. The van der Waals surface area contributed by atoms with Gasteiger partial charge in [0.2, 0.25) is 0 Å². The van der Waals surface area contributed by atoms with Crippen LogP contribution in [-0.4, -0.2) is 19.7 Å². The summed E-state index contributed by atoms with van der Waals surface area (Å²) in [6.07, 6.45) is 5.69. The molecular weight excluding hydrogens is 202 g/mol. The largest absolute Gasteiger partial charge is 0.334 e. The van der Waals surface area contributed by atoms with E-state index in [9.17, 15) is 0 Å². The molecule has 0 unspecified atom stereocenters. The summed E-state index contributed by atoms with van der Waals surface area (Å²) in [6.45, 7) is 6.70. The smallest absolute Gasteiger partial charge is 0.122 e. The molecule has 5 nitrogen and oxygen atoms in total. The number of nitrogens with one attached hydrogen (secondary N) is 2. The average molecular weight is 219 g/mol. The number of imidazole rings is 1. The van der Waals surface area contributed by atoms with Crippen molar-refractivity contribution in [3.05, 3.63) is 35.7 Å². The quantitative estimate of drug-likeness (QED) is 0.795. The molecule has 2 aromatic heterocycles. The van der Waals surface area contributed by atoms with E-state index in [4.69, 9.17) is 0 Å². The number of H-pyrrole nitrogens is 1. The van der Waals surface area contributed by atoms with Crippen molar-refractivity contribution in [1.82, 2.24) is 25.1 Å². The molecule has 0 atom stereocenters. The van der Waals surface area contributed by atoms with Crippen molar-refractivity contribution in [1.29, 1.82) is 0 Å². The first-order valence-corrected chi connectivity index (χ1v) is 5.50. The number of aryl methyl sites for hydroxylation is 2. The Hall–Kier alpha value is -1.62. The first-order chi connectivity index (χ1) is 7.81. The molecule has 0 fully saturated rings. The molecule has 5 heteroatoms. The predicted molar refractivity (Wildman–Crippen MR) is 61.8 cm³/mol. The predicted octanol–water partition coefficient (Wildman–Crippen LogP) is 1.22. The van der Waals surface area contributed by atoms with Crippen LogP contribution in [0.3, 0.4) is 0 Å². The third-order valence-electron chi connectivity index (χ3n) is 2.68. The summed E-state index contributed by atoms with van der Waals surface area (Å²) in [4.78, 5) is 4.31. The minimum Gasteiger partial charge on any atom is -0.334 e. The molecule has 2 rings (SSSR count). The van der Waals surface area contributed by atoms with Crippen molar-refractivity contribution in [3.63, 3.8) is 0 Å². The standard InChI is InChI=1S/C11H17N5/c1-3-16-5-4-13-11(16)8-12-6-10-7-14-15-9(10)2/h4-5,7,12H,3,6,8H2,1-2H3,(H,14,15). The van der Waals surface area contributed by atoms with Crippen LogP contribution >= 0.6 is 0 Å². The van der Waals surface area contributed by atoms with E-state index in [2.05, 4.69) is 32.0 Å². The van der Waals surface area contributed by atoms with Gasteiger partial charge in [-0.25, -0.2) is 4.98 Å². The van der Waals surface area contributed by atoms with Gasteiger partial charge in [0.15, 0.2) is 0 Å². The monoisotopic (exact) mass is 219 g/mol. The number of rotatable bonds is 5. The number of aromatic amines is 1. The molecule has 0 saturated carbocycles. The molecule has 0 radical (unpaired) electrons. The summed E-state index contributed by atoms with van der Waals surface area (Å²) in [5, 5.41) is 10.3. The molecule has 0 bridgehead atoms. The summed E-state index contributed by atoms with van der Waals surface area (Å²) < 4.78 is 2.13. The van der Waals surface area contributed by atoms with E-state index in [1.165, 1.54) is 5.56 Å². The zero-order valence-corrected chi connectivity index (χ0v) is 9.70. The van der Waals surface area contributed by atoms with Gasteiger partial charge in [0.1, 0.15) is 5.82 Å². The molecule has 0 spiro atoms. The van der Waals surface area contributed by atoms with Gasteiger partial charge in [0.25, 0.3) is 0 Å². The fourth-order valence-corrected chi connectivity index (χ4v) is 1.66. The van der Waals surface area contributed by atoms with Gasteiger partial charge in [-0.2, -0.15) is 5.10 Å². The number of hydrogen-bond acceptors (Lipinski definition) is 3. The molecule has 0 saturated heterocycles. The van der Waals surface area contributed by atoms with E-state index < -0.39 is 0 Å². The Morgan fingerprint density at radius 3 is 3.00 bits per heavy atom. The van der Waals surface area contributed by atoms with Crippen LogP contribution in [-0.2, 0) is 19.6 Å². The van der Waals surface area contributed by atoms with Gasteiger partial charge in [0.05, 0.1) is 12.7 Å². The molecule has 0 aliphatic carbocycles. The first kappa shape index (κ1) is 10.9. The van der Waals surface area contributed by atoms with Crippen LogP contribution in [0.4, 0.5) is 0 Å². The van der Waals surface area contributed by atoms with Crippen molar-refractivity contribution in [2.45, 2.75) is 33.5 Å². The van der Waals surface area contributed by atoms with E-state index in [0.717, 1.165) is 31.2 Å². The van der Waals surface area contributed by atoms with Crippen molar-refractivity contribution in [2.24, 2.45) is 0 Å². The SMILES string of the molecule is CCn1ccnc1CNCc1cn[nH]c1C. The van der Waals surface area contributed by atoms with Gasteiger partial charge in [0, 0.05) is 36.7 Å². The zero-order valence-electron chi connectivity index (χ0n) is 9.70. The third kappa shape index (κ3) is 2.30. The molecule has 2 heterocycles. The van der Waals surface area contributed by atoms with Gasteiger partial charge in [-0.3, -0.25) is 5.10 Å². The topological polar surface area (TPSA) is 58.5 Å². The fourth-order valence-electron chi connectivity index (χ4n) is 1.66. The minimum atomic E-state index is 0.783. The zero-order chi connectivity index (χ0) is 11.4. The molecular formula is C11H17N5. The van der Waals surface area contributed by atoms with Crippen molar-refractivity contribution >= 4 is 0 Å². The second-order valence-electron chi connectivity index (χ2n) is 3.75. The van der Waals surface area contributed by atoms with E-state index in [1.54, 1.807) is 0 Å². The maximum atomic E-state index is 4.31. The average Bonchev–Trinajstić information content (AvgIpc) is 2.88. The molecule has 16 heavy (non-hydrogen) atoms. The van der Waals surface area contributed by atoms with Crippen molar-refractivity contribution in [3.8, 4) is 0 Å². The Morgan fingerprint density at radius 2 is 2.31 bits per heavy atom. The Balaban J connectivity index is 1.87. The second kappa shape index (κ2) is 4.94. The Kier molecular flexibility index (Phi) is 3.36. The normalized spacial score (nSPS) is 10.9. The first-order valence-electron chi connectivity index (χ1n) is 5.50. The summed E-state index contributed by atoms with van der Waals surface area (Å²) in [5.41, 5.74) is 2.32. The molecule has 86 valence electrons. The molecule has 0 aliphatic heterocycles. The number of aromatic nitrogens is 4. The van der Waals surface area contributed by atoms with E-state index in [1.807, 2.05) is 25.5 Å². The van der Waals surface area contributed by atoms with Crippen LogP contribution in [0, 0.1) is 6.92 Å². The van der Waals surface area contributed by atoms with Crippen LogP contribution in [0.15, 0.2) is 18.6 Å². The van der Waals surface area contributed by atoms with E-state index >= 15 is 0 Å². The summed E-state index contributed by atoms with van der Waals surface area (Å²) in [6, 6.07) is 0. The second-order valence-corrected chi connectivity index (χ2v) is 3.75. The molecule has 2 N–H and O–H groups in total. The lowest BCUT2D eigenvalue weighted by atomic mass is 10.2. The van der Waals surface area contributed by atoms with E-state index in [0.29, 0.717) is 0 Å². The van der Waals surface area contributed by atoms with Gasteiger partial charge >= 0.3 is 0 Å². The van der Waals surface area contributed by atoms with Crippen LogP contribution < -0.4 is 5.32 Å². The molecule has 0 aromatic carbocycles. The highest BCUT2D eigenvalue weighted by atomic mass is 15.1. The lowest BCUT2D eigenvalue weighted by molar-refractivity contribution is 0.612. The highest BCUT2D eigenvalue weighted by Gasteiger charge is 2.02.